The highest BCUT2D eigenvalue weighted by Gasteiger charge is 2.13. The van der Waals surface area contributed by atoms with Crippen LogP contribution in [0.1, 0.15) is 24.9 Å². The summed E-state index contributed by atoms with van der Waals surface area (Å²) in [7, 11) is 0. The zero-order valence-corrected chi connectivity index (χ0v) is 13.7. The number of carbonyl (C=O) groups is 1. The molecule has 0 saturated carbocycles. The summed E-state index contributed by atoms with van der Waals surface area (Å²) in [6.07, 6.45) is 0.803. The van der Waals surface area contributed by atoms with Gasteiger partial charge in [0.1, 0.15) is 5.75 Å². The molecule has 0 heterocycles. The molecule has 5 heteroatoms. The SMILES string of the molecule is CC[C@H](NC(=O)COc1ccc(Cl)cc1Cl)c1ccccc1. The zero-order chi connectivity index (χ0) is 15.9. The van der Waals surface area contributed by atoms with Gasteiger partial charge in [0.25, 0.3) is 5.91 Å². The number of carbonyl (C=O) groups excluding carboxylic acids is 1. The summed E-state index contributed by atoms with van der Waals surface area (Å²) in [5.74, 6) is 0.246. The Morgan fingerprint density at radius 2 is 1.91 bits per heavy atom. The highest BCUT2D eigenvalue weighted by atomic mass is 35.5. The summed E-state index contributed by atoms with van der Waals surface area (Å²) in [6, 6.07) is 14.7. The molecule has 0 fully saturated rings. The Bertz CT molecular complexity index is 632. The highest BCUT2D eigenvalue weighted by Crippen LogP contribution is 2.27. The van der Waals surface area contributed by atoms with Gasteiger partial charge in [0.05, 0.1) is 11.1 Å². The highest BCUT2D eigenvalue weighted by molar-refractivity contribution is 6.35. The molecule has 0 unspecified atom stereocenters. The average Bonchev–Trinajstić information content (AvgIpc) is 2.52. The molecule has 0 aliphatic heterocycles. The van der Waals surface area contributed by atoms with Crippen LogP contribution >= 0.6 is 23.2 Å². The van der Waals surface area contributed by atoms with Crippen molar-refractivity contribution in [1.29, 1.82) is 0 Å². The lowest BCUT2D eigenvalue weighted by atomic mass is 10.0. The molecular formula is C17H17Cl2NO2. The van der Waals surface area contributed by atoms with Crippen molar-refractivity contribution in [2.75, 3.05) is 6.61 Å². The third-order valence-corrected chi connectivity index (χ3v) is 3.73. The van der Waals surface area contributed by atoms with Crippen molar-refractivity contribution >= 4 is 29.1 Å². The Morgan fingerprint density at radius 3 is 2.55 bits per heavy atom. The van der Waals surface area contributed by atoms with Crippen molar-refractivity contribution in [2.45, 2.75) is 19.4 Å². The number of nitrogens with one attached hydrogen (secondary N) is 1. The Hall–Kier alpha value is -1.71. The summed E-state index contributed by atoms with van der Waals surface area (Å²) in [6.45, 7) is 1.93. The minimum Gasteiger partial charge on any atom is -0.482 e. The quantitative estimate of drug-likeness (QED) is 0.833. The Kier molecular flexibility index (Phi) is 6.10. The maximum Gasteiger partial charge on any atom is 0.258 e. The van der Waals surface area contributed by atoms with Crippen LogP contribution < -0.4 is 10.1 Å². The summed E-state index contributed by atoms with van der Waals surface area (Å²) in [4.78, 5) is 12.0. The van der Waals surface area contributed by atoms with Gasteiger partial charge in [0.2, 0.25) is 0 Å². The van der Waals surface area contributed by atoms with E-state index in [1.165, 1.54) is 0 Å². The summed E-state index contributed by atoms with van der Waals surface area (Å²) >= 11 is 11.8. The summed E-state index contributed by atoms with van der Waals surface area (Å²) in [5.41, 5.74) is 1.07. The molecule has 1 atom stereocenters. The van der Waals surface area contributed by atoms with E-state index in [1.54, 1.807) is 18.2 Å². The lowest BCUT2D eigenvalue weighted by molar-refractivity contribution is -0.123. The molecule has 1 amide bonds. The van der Waals surface area contributed by atoms with E-state index in [9.17, 15) is 4.79 Å². The molecule has 0 bridgehead atoms. The normalized spacial score (nSPS) is 11.8. The van der Waals surface area contributed by atoms with E-state index in [0.29, 0.717) is 15.8 Å². The molecule has 2 aromatic carbocycles. The molecule has 1 N–H and O–H groups in total. The smallest absolute Gasteiger partial charge is 0.258 e. The topological polar surface area (TPSA) is 38.3 Å². The van der Waals surface area contributed by atoms with Gasteiger partial charge in [-0.1, -0.05) is 60.5 Å². The molecule has 0 saturated heterocycles. The second-order valence-corrected chi connectivity index (χ2v) is 5.65. The van der Waals surface area contributed by atoms with Gasteiger partial charge in [0.15, 0.2) is 6.61 Å². The Morgan fingerprint density at radius 1 is 1.18 bits per heavy atom. The van der Waals surface area contributed by atoms with Crippen molar-refractivity contribution in [3.8, 4) is 5.75 Å². The fraction of sp³-hybridized carbons (Fsp3) is 0.235. The molecular weight excluding hydrogens is 321 g/mol. The third-order valence-electron chi connectivity index (χ3n) is 3.20. The number of benzene rings is 2. The second-order valence-electron chi connectivity index (χ2n) is 4.80. The second kappa shape index (κ2) is 8.06. The molecule has 22 heavy (non-hydrogen) atoms. The van der Waals surface area contributed by atoms with Crippen LogP contribution in [-0.2, 0) is 4.79 Å². The third kappa shape index (κ3) is 4.65. The van der Waals surface area contributed by atoms with Crippen molar-refractivity contribution in [3.63, 3.8) is 0 Å². The maximum absolute atomic E-state index is 12.0. The Labute approximate surface area is 140 Å². The fourth-order valence-electron chi connectivity index (χ4n) is 2.08. The molecule has 0 spiro atoms. The average molecular weight is 338 g/mol. The Balaban J connectivity index is 1.92. The van der Waals surface area contributed by atoms with E-state index >= 15 is 0 Å². The molecule has 0 aliphatic rings. The molecule has 3 nitrogen and oxygen atoms in total. The lowest BCUT2D eigenvalue weighted by Gasteiger charge is -2.17. The van der Waals surface area contributed by atoms with Gasteiger partial charge in [-0.25, -0.2) is 0 Å². The number of ether oxygens (including phenoxy) is 1. The van der Waals surface area contributed by atoms with Gasteiger partial charge < -0.3 is 10.1 Å². The minimum atomic E-state index is -0.193. The standard InChI is InChI=1S/C17H17Cl2NO2/c1-2-15(12-6-4-3-5-7-12)20-17(21)11-22-16-9-8-13(18)10-14(16)19/h3-10,15H,2,11H2,1H3,(H,20,21)/t15-/m0/s1. The molecule has 2 aromatic rings. The van der Waals surface area contributed by atoms with Crippen molar-refractivity contribution in [2.24, 2.45) is 0 Å². The van der Waals surface area contributed by atoms with Crippen LogP contribution in [0, 0.1) is 0 Å². The lowest BCUT2D eigenvalue weighted by Crippen LogP contribution is -2.32. The van der Waals surface area contributed by atoms with Crippen molar-refractivity contribution < 1.29 is 9.53 Å². The van der Waals surface area contributed by atoms with E-state index in [-0.39, 0.29) is 18.6 Å². The van der Waals surface area contributed by atoms with Crippen LogP contribution in [0.3, 0.4) is 0 Å². The van der Waals surface area contributed by atoms with E-state index in [1.807, 2.05) is 37.3 Å². The van der Waals surface area contributed by atoms with Crippen molar-refractivity contribution in [1.82, 2.24) is 5.32 Å². The number of hydrogen-bond acceptors (Lipinski definition) is 2. The van der Waals surface area contributed by atoms with Gasteiger partial charge in [-0.2, -0.15) is 0 Å². The monoisotopic (exact) mass is 337 g/mol. The van der Waals surface area contributed by atoms with E-state index < -0.39 is 0 Å². The molecule has 116 valence electrons. The van der Waals surface area contributed by atoms with Crippen LogP contribution in [0.15, 0.2) is 48.5 Å². The molecule has 0 aliphatic carbocycles. The number of rotatable bonds is 6. The van der Waals surface area contributed by atoms with Gasteiger partial charge in [-0.3, -0.25) is 4.79 Å². The number of halogens is 2. The summed E-state index contributed by atoms with van der Waals surface area (Å²) in [5, 5.41) is 3.86. The largest absolute Gasteiger partial charge is 0.482 e. The van der Waals surface area contributed by atoms with Crippen LogP contribution in [0.2, 0.25) is 10.0 Å². The fourth-order valence-corrected chi connectivity index (χ4v) is 2.54. The number of amides is 1. The van der Waals surface area contributed by atoms with E-state index in [2.05, 4.69) is 5.32 Å². The van der Waals surface area contributed by atoms with Gasteiger partial charge in [0, 0.05) is 5.02 Å². The van der Waals surface area contributed by atoms with E-state index in [4.69, 9.17) is 27.9 Å². The molecule has 2 rings (SSSR count). The van der Waals surface area contributed by atoms with Crippen LogP contribution in [-0.4, -0.2) is 12.5 Å². The first kappa shape index (κ1) is 16.7. The van der Waals surface area contributed by atoms with Crippen LogP contribution in [0.4, 0.5) is 0 Å². The van der Waals surface area contributed by atoms with Crippen LogP contribution in [0.5, 0.6) is 5.75 Å². The molecule has 0 radical (unpaired) electrons. The molecule has 0 aromatic heterocycles. The zero-order valence-electron chi connectivity index (χ0n) is 12.2. The predicted molar refractivity (Wildman–Crippen MR) is 89.6 cm³/mol. The first-order chi connectivity index (χ1) is 10.6. The number of hydrogen-bond donors (Lipinski definition) is 1. The maximum atomic E-state index is 12.0. The van der Waals surface area contributed by atoms with Crippen LogP contribution in [0.25, 0.3) is 0 Å². The first-order valence-electron chi connectivity index (χ1n) is 7.02. The van der Waals surface area contributed by atoms with E-state index in [0.717, 1.165) is 12.0 Å². The predicted octanol–water partition coefficient (Wildman–Crippen LogP) is 4.64. The van der Waals surface area contributed by atoms with Crippen molar-refractivity contribution in [3.05, 3.63) is 64.1 Å². The van der Waals surface area contributed by atoms with Gasteiger partial charge >= 0.3 is 0 Å². The minimum absolute atomic E-state index is 0.0296. The first-order valence-corrected chi connectivity index (χ1v) is 7.78. The van der Waals surface area contributed by atoms with Gasteiger partial charge in [-0.05, 0) is 30.2 Å². The van der Waals surface area contributed by atoms with Gasteiger partial charge in [-0.15, -0.1) is 0 Å². The summed E-state index contributed by atoms with van der Waals surface area (Å²) < 4.78 is 5.43.